The van der Waals surface area contributed by atoms with Crippen molar-refractivity contribution >= 4 is 22.6 Å². The molecule has 1 aromatic carbocycles. The van der Waals surface area contributed by atoms with E-state index in [4.69, 9.17) is 4.74 Å². The van der Waals surface area contributed by atoms with Gasteiger partial charge in [-0.2, -0.15) is 5.26 Å². The van der Waals surface area contributed by atoms with Crippen LogP contribution in [-0.2, 0) is 9.53 Å². The number of anilines is 1. The minimum absolute atomic E-state index is 0.0849. The second kappa shape index (κ2) is 9.37. The van der Waals surface area contributed by atoms with Crippen molar-refractivity contribution in [2.24, 2.45) is 0 Å². The highest BCUT2D eigenvalue weighted by Gasteiger charge is 2.29. The van der Waals surface area contributed by atoms with Crippen LogP contribution < -0.4 is 5.32 Å². The Balaban J connectivity index is 1.31. The first-order valence-corrected chi connectivity index (χ1v) is 10.6. The molecule has 0 radical (unpaired) electrons. The minimum atomic E-state index is 0.0849. The van der Waals surface area contributed by atoms with E-state index >= 15 is 0 Å². The second-order valence-electron chi connectivity index (χ2n) is 8.07. The number of nitrogens with zero attached hydrogens (tertiary/aromatic N) is 5. The molecule has 4 rings (SSSR count). The molecule has 0 unspecified atom stereocenters. The van der Waals surface area contributed by atoms with Crippen molar-refractivity contribution in [3.05, 3.63) is 30.1 Å². The number of benzene rings is 1. The fourth-order valence-electron chi connectivity index (χ4n) is 4.57. The summed E-state index contributed by atoms with van der Waals surface area (Å²) in [6.45, 7) is 3.62. The van der Waals surface area contributed by atoms with Crippen molar-refractivity contribution in [3.63, 3.8) is 0 Å². The van der Waals surface area contributed by atoms with Crippen LogP contribution in [0, 0.1) is 11.3 Å². The fourth-order valence-corrected chi connectivity index (χ4v) is 4.57. The molecular weight excluding hydrogens is 380 g/mol. The predicted molar refractivity (Wildman–Crippen MR) is 114 cm³/mol. The van der Waals surface area contributed by atoms with Gasteiger partial charge in [-0.1, -0.05) is 0 Å². The van der Waals surface area contributed by atoms with Crippen LogP contribution in [0.5, 0.6) is 0 Å². The molecule has 8 heteroatoms. The summed E-state index contributed by atoms with van der Waals surface area (Å²) < 4.78 is 4.96. The van der Waals surface area contributed by atoms with Crippen molar-refractivity contribution in [2.45, 2.75) is 37.8 Å². The average Bonchev–Trinajstić information content (AvgIpc) is 2.80. The zero-order valence-electron chi connectivity index (χ0n) is 17.4. The Kier molecular flexibility index (Phi) is 6.41. The summed E-state index contributed by atoms with van der Waals surface area (Å²) in [5.74, 6) is 0.896. The third-order valence-corrected chi connectivity index (χ3v) is 6.25. The molecule has 8 nitrogen and oxygen atoms in total. The summed E-state index contributed by atoms with van der Waals surface area (Å²) in [5, 5.41) is 13.7. The summed E-state index contributed by atoms with van der Waals surface area (Å²) in [6.07, 6.45) is 6.01. The number of methoxy groups -OCH3 is 1. The topological polar surface area (TPSA) is 94.4 Å². The molecule has 1 aliphatic carbocycles. The normalized spacial score (nSPS) is 22.6. The van der Waals surface area contributed by atoms with Crippen molar-refractivity contribution in [1.82, 2.24) is 19.8 Å². The Bertz CT molecular complexity index is 927. The van der Waals surface area contributed by atoms with Gasteiger partial charge in [-0.25, -0.2) is 9.97 Å². The zero-order chi connectivity index (χ0) is 20.9. The van der Waals surface area contributed by atoms with Crippen LogP contribution in [0.2, 0.25) is 0 Å². The number of amides is 1. The first-order chi connectivity index (χ1) is 14.7. The van der Waals surface area contributed by atoms with E-state index in [1.807, 2.05) is 17.0 Å². The van der Waals surface area contributed by atoms with Crippen LogP contribution in [-0.4, -0.2) is 77.7 Å². The number of nitrogens with one attached hydrogen (secondary N) is 1. The van der Waals surface area contributed by atoms with Crippen LogP contribution in [0.25, 0.3) is 10.9 Å². The van der Waals surface area contributed by atoms with Crippen LogP contribution in [0.1, 0.15) is 31.2 Å². The first-order valence-electron chi connectivity index (χ1n) is 10.6. The van der Waals surface area contributed by atoms with Crippen LogP contribution in [0.3, 0.4) is 0 Å². The van der Waals surface area contributed by atoms with Gasteiger partial charge in [-0.3, -0.25) is 9.69 Å². The number of nitriles is 1. The van der Waals surface area contributed by atoms with E-state index in [0.29, 0.717) is 17.6 Å². The number of carbonyl (C=O) groups excluding carboxylic acids is 1. The highest BCUT2D eigenvalue weighted by atomic mass is 16.5. The van der Waals surface area contributed by atoms with Gasteiger partial charge in [0.05, 0.1) is 17.1 Å². The number of hydrogen-bond acceptors (Lipinski definition) is 7. The van der Waals surface area contributed by atoms with Gasteiger partial charge in [0.2, 0.25) is 5.91 Å². The minimum Gasteiger partial charge on any atom is -0.375 e. The molecule has 1 saturated carbocycles. The highest BCUT2D eigenvalue weighted by Crippen LogP contribution is 2.28. The van der Waals surface area contributed by atoms with Gasteiger partial charge in [-0.15, -0.1) is 0 Å². The van der Waals surface area contributed by atoms with Gasteiger partial charge in [0.15, 0.2) is 0 Å². The summed E-state index contributed by atoms with van der Waals surface area (Å²) in [6, 6.07) is 8.65. The van der Waals surface area contributed by atoms with Gasteiger partial charge in [-0.05, 0) is 43.9 Å². The lowest BCUT2D eigenvalue weighted by atomic mass is 9.89. The maximum atomic E-state index is 12.0. The molecule has 2 heterocycles. The Hall–Kier alpha value is -2.76. The number of rotatable bonds is 5. The largest absolute Gasteiger partial charge is 0.375 e. The third-order valence-electron chi connectivity index (χ3n) is 6.25. The Labute approximate surface area is 176 Å². The molecule has 0 spiro atoms. The Morgan fingerprint density at radius 2 is 1.97 bits per heavy atom. The molecule has 1 N–H and O–H groups in total. The smallest absolute Gasteiger partial charge is 0.248 e. The quantitative estimate of drug-likeness (QED) is 0.809. The molecular formula is C22H28N6O2. The van der Waals surface area contributed by atoms with E-state index in [2.05, 4.69) is 26.3 Å². The number of hydrogen-bond donors (Lipinski definition) is 1. The molecule has 2 aliphatic rings. The molecule has 158 valence electrons. The van der Waals surface area contributed by atoms with E-state index in [0.717, 1.165) is 68.6 Å². The summed E-state index contributed by atoms with van der Waals surface area (Å²) >= 11 is 0. The Morgan fingerprint density at radius 1 is 1.20 bits per heavy atom. The summed E-state index contributed by atoms with van der Waals surface area (Å²) in [4.78, 5) is 25.2. The standard InChI is InChI=1S/C22H28N6O2/c1-30-14-21(29)28-10-8-27(9-11-28)18-5-3-17(4-6-18)26-22-19-12-16(13-23)2-7-20(19)24-15-25-22/h2,7,12,15,17-18H,3-6,8-11,14H2,1H3,(H,24,25,26)/t17-,18-. The zero-order valence-corrected chi connectivity index (χ0v) is 17.4. The molecule has 0 bridgehead atoms. The van der Waals surface area contributed by atoms with E-state index < -0.39 is 0 Å². The van der Waals surface area contributed by atoms with E-state index in [1.54, 1.807) is 19.5 Å². The van der Waals surface area contributed by atoms with E-state index in [1.165, 1.54) is 0 Å². The maximum absolute atomic E-state index is 12.0. The van der Waals surface area contributed by atoms with Crippen molar-refractivity contribution in [1.29, 1.82) is 5.26 Å². The van der Waals surface area contributed by atoms with Gasteiger partial charge in [0, 0.05) is 50.8 Å². The molecule has 1 amide bonds. The molecule has 2 fully saturated rings. The van der Waals surface area contributed by atoms with E-state index in [-0.39, 0.29) is 12.5 Å². The SMILES string of the molecule is COCC(=O)N1CCN([C@H]2CC[C@H](Nc3ncnc4ccc(C#N)cc34)CC2)CC1. The maximum Gasteiger partial charge on any atom is 0.248 e. The van der Waals surface area contributed by atoms with Crippen molar-refractivity contribution < 1.29 is 9.53 Å². The molecule has 1 saturated heterocycles. The van der Waals surface area contributed by atoms with Crippen LogP contribution in [0.15, 0.2) is 24.5 Å². The van der Waals surface area contributed by atoms with Gasteiger partial charge >= 0.3 is 0 Å². The van der Waals surface area contributed by atoms with Crippen molar-refractivity contribution in [3.8, 4) is 6.07 Å². The van der Waals surface area contributed by atoms with E-state index in [9.17, 15) is 10.1 Å². The van der Waals surface area contributed by atoms with Crippen molar-refractivity contribution in [2.75, 3.05) is 45.2 Å². The molecule has 1 aromatic heterocycles. The summed E-state index contributed by atoms with van der Waals surface area (Å²) in [5.41, 5.74) is 1.47. The third kappa shape index (κ3) is 4.53. The highest BCUT2D eigenvalue weighted by molar-refractivity contribution is 5.89. The van der Waals surface area contributed by atoms with Crippen LogP contribution >= 0.6 is 0 Å². The number of fused-ring (bicyclic) bond motifs is 1. The number of ether oxygens (including phenoxy) is 1. The fraction of sp³-hybridized carbons (Fsp3) is 0.545. The average molecular weight is 409 g/mol. The lowest BCUT2D eigenvalue weighted by Crippen LogP contribution is -2.53. The molecule has 1 aliphatic heterocycles. The molecule has 30 heavy (non-hydrogen) atoms. The van der Waals surface area contributed by atoms with Crippen LogP contribution in [0.4, 0.5) is 5.82 Å². The Morgan fingerprint density at radius 3 is 2.67 bits per heavy atom. The number of aromatic nitrogens is 2. The first kappa shape index (κ1) is 20.5. The van der Waals surface area contributed by atoms with Gasteiger partial charge < -0.3 is 15.0 Å². The second-order valence-corrected chi connectivity index (χ2v) is 8.07. The molecule has 0 atom stereocenters. The van der Waals surface area contributed by atoms with Gasteiger partial charge in [0.25, 0.3) is 0 Å². The summed E-state index contributed by atoms with van der Waals surface area (Å²) in [7, 11) is 1.56. The predicted octanol–water partition coefficient (Wildman–Crippen LogP) is 2.02. The monoisotopic (exact) mass is 408 g/mol. The number of carbonyl (C=O) groups is 1. The lowest BCUT2D eigenvalue weighted by molar-refractivity contribution is -0.137. The lowest BCUT2D eigenvalue weighted by Gasteiger charge is -2.42. The van der Waals surface area contributed by atoms with Gasteiger partial charge in [0.1, 0.15) is 18.8 Å². The molecule has 2 aromatic rings. The number of piperazine rings is 1.